The number of esters is 1. The first-order valence-electron chi connectivity index (χ1n) is 9.07. The molecule has 0 spiro atoms. The van der Waals surface area contributed by atoms with Crippen LogP contribution in [-0.4, -0.2) is 31.3 Å². The average Bonchev–Trinajstić information content (AvgIpc) is 3.21. The Morgan fingerprint density at radius 3 is 2.55 bits per heavy atom. The summed E-state index contributed by atoms with van der Waals surface area (Å²) < 4.78 is 21.8. The van der Waals surface area contributed by atoms with Crippen LogP contribution in [0.5, 0.6) is 17.2 Å². The lowest BCUT2D eigenvalue weighted by Crippen LogP contribution is -2.26. The molecule has 0 aliphatic carbocycles. The maximum atomic E-state index is 12.2. The second-order valence-corrected chi connectivity index (χ2v) is 7.22. The van der Waals surface area contributed by atoms with Crippen molar-refractivity contribution in [1.82, 2.24) is 4.98 Å². The summed E-state index contributed by atoms with van der Waals surface area (Å²) in [5.41, 5.74) is 2.61. The van der Waals surface area contributed by atoms with Gasteiger partial charge in [0.2, 0.25) is 0 Å². The molecule has 1 atom stereocenters. The number of methoxy groups -OCH3 is 2. The monoisotopic (exact) mass is 413 g/mol. The van der Waals surface area contributed by atoms with Gasteiger partial charge in [0.25, 0.3) is 0 Å². The fourth-order valence-electron chi connectivity index (χ4n) is 2.68. The topological polar surface area (TPSA) is 66.9 Å². The highest BCUT2D eigenvalue weighted by molar-refractivity contribution is 7.13. The van der Waals surface area contributed by atoms with Crippen molar-refractivity contribution >= 4 is 17.3 Å². The van der Waals surface area contributed by atoms with E-state index in [1.807, 2.05) is 54.8 Å². The minimum atomic E-state index is -0.714. The van der Waals surface area contributed by atoms with Gasteiger partial charge in [-0.1, -0.05) is 23.8 Å². The number of nitrogens with zero attached hydrogens (tertiary/aromatic N) is 1. The third kappa shape index (κ3) is 5.06. The summed E-state index contributed by atoms with van der Waals surface area (Å²) in [6.45, 7) is 3.73. The number of hydrogen-bond donors (Lipinski definition) is 0. The van der Waals surface area contributed by atoms with Crippen LogP contribution in [0.25, 0.3) is 10.6 Å². The maximum absolute atomic E-state index is 12.2. The molecule has 0 saturated heterocycles. The molecule has 1 unspecified atom stereocenters. The third-order valence-electron chi connectivity index (χ3n) is 4.21. The van der Waals surface area contributed by atoms with E-state index in [0.29, 0.717) is 22.9 Å². The lowest BCUT2D eigenvalue weighted by Gasteiger charge is -2.13. The largest absolute Gasteiger partial charge is 0.493 e. The van der Waals surface area contributed by atoms with Crippen molar-refractivity contribution in [3.05, 3.63) is 59.1 Å². The third-order valence-corrected chi connectivity index (χ3v) is 5.14. The number of hydrogen-bond acceptors (Lipinski definition) is 7. The Balaban J connectivity index is 1.62. The summed E-state index contributed by atoms with van der Waals surface area (Å²) in [7, 11) is 3.18. The van der Waals surface area contributed by atoms with Gasteiger partial charge >= 0.3 is 5.97 Å². The second-order valence-electron chi connectivity index (χ2n) is 6.37. The number of thiazole rings is 1. The van der Waals surface area contributed by atoms with E-state index in [0.717, 1.165) is 16.1 Å². The van der Waals surface area contributed by atoms with Crippen LogP contribution in [0.3, 0.4) is 0 Å². The molecule has 0 amide bonds. The predicted molar refractivity (Wildman–Crippen MR) is 112 cm³/mol. The summed E-state index contributed by atoms with van der Waals surface area (Å²) in [5, 5.41) is 2.61. The van der Waals surface area contributed by atoms with Crippen LogP contribution >= 0.6 is 11.3 Å². The van der Waals surface area contributed by atoms with E-state index in [1.165, 1.54) is 11.3 Å². The maximum Gasteiger partial charge on any atom is 0.347 e. The van der Waals surface area contributed by atoms with E-state index >= 15 is 0 Å². The van der Waals surface area contributed by atoms with Crippen molar-refractivity contribution in [3.63, 3.8) is 0 Å². The van der Waals surface area contributed by atoms with Crippen molar-refractivity contribution < 1.29 is 23.7 Å². The van der Waals surface area contributed by atoms with Crippen molar-refractivity contribution in [2.45, 2.75) is 26.6 Å². The molecule has 0 bridgehead atoms. The molecular weight excluding hydrogens is 390 g/mol. The first kappa shape index (κ1) is 20.7. The molecule has 0 N–H and O–H groups in total. The van der Waals surface area contributed by atoms with Crippen LogP contribution in [0, 0.1) is 6.92 Å². The van der Waals surface area contributed by atoms with Gasteiger partial charge in [0.15, 0.2) is 17.6 Å². The van der Waals surface area contributed by atoms with E-state index in [-0.39, 0.29) is 6.61 Å². The lowest BCUT2D eigenvalue weighted by molar-refractivity contribution is -0.152. The van der Waals surface area contributed by atoms with E-state index in [2.05, 4.69) is 4.98 Å². The zero-order valence-electron chi connectivity index (χ0n) is 16.8. The van der Waals surface area contributed by atoms with Gasteiger partial charge in [-0.2, -0.15) is 0 Å². The Labute approximate surface area is 174 Å². The molecule has 0 fully saturated rings. The Morgan fingerprint density at radius 1 is 1.10 bits per heavy atom. The number of rotatable bonds is 8. The first-order valence-corrected chi connectivity index (χ1v) is 9.95. The molecule has 152 valence electrons. The molecule has 7 heteroatoms. The lowest BCUT2D eigenvalue weighted by atomic mass is 10.2. The molecule has 1 heterocycles. The number of ether oxygens (including phenoxy) is 4. The van der Waals surface area contributed by atoms with Crippen LogP contribution in [0.2, 0.25) is 0 Å². The molecule has 0 aliphatic heterocycles. The zero-order valence-corrected chi connectivity index (χ0v) is 17.6. The SMILES string of the molecule is COc1cccc(-c2nc(COC(=O)C(C)Oc3ccc(C)cc3)cs2)c1OC. The standard InChI is InChI=1S/C22H23NO5S/c1-14-8-10-17(11-9-14)28-15(2)22(24)27-12-16-13-29-21(23-16)18-6-5-7-19(25-3)20(18)26-4/h5-11,13,15H,12H2,1-4H3. The van der Waals surface area contributed by atoms with Gasteiger partial charge in [0, 0.05) is 5.38 Å². The van der Waals surface area contributed by atoms with Crippen molar-refractivity contribution in [3.8, 4) is 27.8 Å². The molecule has 29 heavy (non-hydrogen) atoms. The fraction of sp³-hybridized carbons (Fsp3) is 0.273. The van der Waals surface area contributed by atoms with E-state index in [1.54, 1.807) is 21.1 Å². The highest BCUT2D eigenvalue weighted by Gasteiger charge is 2.18. The van der Waals surface area contributed by atoms with E-state index < -0.39 is 12.1 Å². The number of aryl methyl sites for hydroxylation is 1. The van der Waals surface area contributed by atoms with Gasteiger partial charge in [-0.3, -0.25) is 0 Å². The minimum absolute atomic E-state index is 0.0726. The summed E-state index contributed by atoms with van der Waals surface area (Å²) in [6.07, 6.45) is -0.714. The molecule has 2 aromatic carbocycles. The number of aromatic nitrogens is 1. The minimum Gasteiger partial charge on any atom is -0.493 e. The van der Waals surface area contributed by atoms with Crippen LogP contribution in [-0.2, 0) is 16.1 Å². The highest BCUT2D eigenvalue weighted by Crippen LogP contribution is 2.39. The molecule has 0 radical (unpaired) electrons. The van der Waals surface area contributed by atoms with Crippen LogP contribution < -0.4 is 14.2 Å². The average molecular weight is 413 g/mol. The van der Waals surface area contributed by atoms with Crippen LogP contribution in [0.1, 0.15) is 18.2 Å². The smallest absolute Gasteiger partial charge is 0.347 e. The van der Waals surface area contributed by atoms with E-state index in [9.17, 15) is 4.79 Å². The van der Waals surface area contributed by atoms with Crippen molar-refractivity contribution in [1.29, 1.82) is 0 Å². The normalized spacial score (nSPS) is 11.6. The summed E-state index contributed by atoms with van der Waals surface area (Å²) in [6, 6.07) is 13.1. The number of benzene rings is 2. The Hall–Kier alpha value is -3.06. The van der Waals surface area contributed by atoms with Gasteiger partial charge in [-0.05, 0) is 38.1 Å². The van der Waals surface area contributed by atoms with Gasteiger partial charge in [-0.25, -0.2) is 9.78 Å². The highest BCUT2D eigenvalue weighted by atomic mass is 32.1. The van der Waals surface area contributed by atoms with Crippen LogP contribution in [0.4, 0.5) is 0 Å². The van der Waals surface area contributed by atoms with Gasteiger partial charge < -0.3 is 18.9 Å². The number of carbonyl (C=O) groups excluding carboxylic acids is 1. The number of carbonyl (C=O) groups is 1. The molecular formula is C22H23NO5S. The fourth-order valence-corrected chi connectivity index (χ4v) is 3.51. The molecule has 1 aromatic heterocycles. The molecule has 3 rings (SSSR count). The molecule has 0 aliphatic rings. The van der Waals surface area contributed by atoms with Gasteiger partial charge in [-0.15, -0.1) is 11.3 Å². The number of para-hydroxylation sites is 1. The molecule has 6 nitrogen and oxygen atoms in total. The quantitative estimate of drug-likeness (QED) is 0.501. The predicted octanol–water partition coefficient (Wildman–Crippen LogP) is 4.65. The van der Waals surface area contributed by atoms with Crippen molar-refractivity contribution in [2.24, 2.45) is 0 Å². The van der Waals surface area contributed by atoms with Crippen LogP contribution in [0.15, 0.2) is 47.8 Å². The van der Waals surface area contributed by atoms with E-state index in [4.69, 9.17) is 18.9 Å². The van der Waals surface area contributed by atoms with Gasteiger partial charge in [0.05, 0.1) is 25.5 Å². The van der Waals surface area contributed by atoms with Gasteiger partial charge in [0.1, 0.15) is 17.4 Å². The summed E-state index contributed by atoms with van der Waals surface area (Å²) >= 11 is 1.45. The molecule has 0 saturated carbocycles. The van der Waals surface area contributed by atoms with Crippen molar-refractivity contribution in [2.75, 3.05) is 14.2 Å². The zero-order chi connectivity index (χ0) is 20.8. The Bertz CT molecular complexity index is 968. The Morgan fingerprint density at radius 2 is 1.86 bits per heavy atom. The first-order chi connectivity index (χ1) is 14.0. The molecule has 3 aromatic rings. The summed E-state index contributed by atoms with van der Waals surface area (Å²) in [5.74, 6) is 1.43. The second kappa shape index (κ2) is 9.43. The summed E-state index contributed by atoms with van der Waals surface area (Å²) in [4.78, 5) is 16.8. The Kier molecular flexibility index (Phi) is 6.72.